The van der Waals surface area contributed by atoms with Gasteiger partial charge in [-0.15, -0.1) is 0 Å². The summed E-state index contributed by atoms with van der Waals surface area (Å²) in [6, 6.07) is 0. The van der Waals surface area contributed by atoms with Crippen molar-refractivity contribution in [3.8, 4) is 0 Å². The number of carbonyl (C=O) groups excluding carboxylic acids is 1. The predicted octanol–water partition coefficient (Wildman–Crippen LogP) is 2.39. The molecule has 0 unspecified atom stereocenters. The van der Waals surface area contributed by atoms with Crippen molar-refractivity contribution in [1.82, 2.24) is 9.88 Å². The summed E-state index contributed by atoms with van der Waals surface area (Å²) < 4.78 is 20.0. The van der Waals surface area contributed by atoms with E-state index in [1.54, 1.807) is 39.1 Å². The lowest BCUT2D eigenvalue weighted by atomic mass is 10.1. The van der Waals surface area contributed by atoms with Crippen LogP contribution in [0.25, 0.3) is 6.08 Å². The summed E-state index contributed by atoms with van der Waals surface area (Å²) in [5.41, 5.74) is 0.392. The van der Waals surface area contributed by atoms with Crippen LogP contribution >= 0.6 is 0 Å². The maximum absolute atomic E-state index is 14.6. The van der Waals surface area contributed by atoms with Gasteiger partial charge in [-0.1, -0.05) is 12.2 Å². The SMILES string of the molecule is CC(C)(C)OC(=O)N1CC=Cc2cnc(NCCO)c(F)c2C1. The van der Waals surface area contributed by atoms with Gasteiger partial charge in [0.1, 0.15) is 5.60 Å². The van der Waals surface area contributed by atoms with Crippen LogP contribution in [0.1, 0.15) is 31.9 Å². The van der Waals surface area contributed by atoms with Crippen molar-refractivity contribution in [3.05, 3.63) is 29.2 Å². The van der Waals surface area contributed by atoms with Crippen molar-refractivity contribution in [2.45, 2.75) is 32.9 Å². The molecule has 0 radical (unpaired) electrons. The van der Waals surface area contributed by atoms with E-state index >= 15 is 0 Å². The molecule has 0 saturated carbocycles. The standard InChI is InChI=1S/C16H22FN3O3/c1-16(2,3)23-15(22)20-7-4-5-11-9-19-14(18-6-8-21)13(17)12(11)10-20/h4-5,9,21H,6-8,10H2,1-3H3,(H,18,19). The number of hydrogen-bond donors (Lipinski definition) is 2. The molecule has 2 rings (SSSR count). The number of ether oxygens (including phenoxy) is 1. The van der Waals surface area contributed by atoms with E-state index in [4.69, 9.17) is 9.84 Å². The van der Waals surface area contributed by atoms with Crippen molar-refractivity contribution in [3.63, 3.8) is 0 Å². The lowest BCUT2D eigenvalue weighted by Gasteiger charge is -2.26. The molecule has 1 aliphatic heterocycles. The molecule has 0 aromatic carbocycles. The van der Waals surface area contributed by atoms with Crippen LogP contribution in [0.3, 0.4) is 0 Å². The number of nitrogens with zero attached hydrogens (tertiary/aromatic N) is 2. The van der Waals surface area contributed by atoms with Crippen LogP contribution in [0, 0.1) is 5.82 Å². The van der Waals surface area contributed by atoms with E-state index in [0.29, 0.717) is 17.7 Å². The van der Waals surface area contributed by atoms with Gasteiger partial charge < -0.3 is 20.1 Å². The first-order valence-corrected chi connectivity index (χ1v) is 7.48. The average molecular weight is 323 g/mol. The molecule has 1 aromatic rings. The summed E-state index contributed by atoms with van der Waals surface area (Å²) in [7, 11) is 0. The Kier molecular flexibility index (Phi) is 5.20. The Bertz CT molecular complexity index is 611. The molecule has 0 spiro atoms. The van der Waals surface area contributed by atoms with E-state index in [-0.39, 0.29) is 25.5 Å². The number of halogens is 1. The molecule has 6 nitrogen and oxygen atoms in total. The third-order valence-corrected chi connectivity index (χ3v) is 3.18. The molecule has 7 heteroatoms. The molecule has 2 N–H and O–H groups in total. The number of aliphatic hydroxyl groups is 1. The molecule has 1 aliphatic rings. The zero-order chi connectivity index (χ0) is 17.0. The molecule has 1 amide bonds. The van der Waals surface area contributed by atoms with Crippen LogP contribution in [0.2, 0.25) is 0 Å². The monoisotopic (exact) mass is 323 g/mol. The number of rotatable bonds is 3. The van der Waals surface area contributed by atoms with Gasteiger partial charge in [0.25, 0.3) is 0 Å². The van der Waals surface area contributed by atoms with E-state index in [1.807, 2.05) is 0 Å². The van der Waals surface area contributed by atoms with Gasteiger partial charge in [-0.3, -0.25) is 0 Å². The Labute approximate surface area is 135 Å². The van der Waals surface area contributed by atoms with Crippen LogP contribution in [0.15, 0.2) is 12.3 Å². The van der Waals surface area contributed by atoms with E-state index in [9.17, 15) is 9.18 Å². The maximum atomic E-state index is 14.6. The van der Waals surface area contributed by atoms with Gasteiger partial charge in [-0.2, -0.15) is 0 Å². The predicted molar refractivity (Wildman–Crippen MR) is 85.4 cm³/mol. The van der Waals surface area contributed by atoms with Crippen molar-refractivity contribution >= 4 is 18.0 Å². The van der Waals surface area contributed by atoms with Gasteiger partial charge in [0.2, 0.25) is 0 Å². The molecule has 23 heavy (non-hydrogen) atoms. The summed E-state index contributed by atoms with van der Waals surface area (Å²) in [5.74, 6) is -0.451. The van der Waals surface area contributed by atoms with Gasteiger partial charge >= 0.3 is 6.09 Å². The van der Waals surface area contributed by atoms with Gasteiger partial charge in [-0.05, 0) is 20.8 Å². The topological polar surface area (TPSA) is 74.7 Å². The molecule has 126 valence electrons. The fourth-order valence-electron chi connectivity index (χ4n) is 2.17. The quantitative estimate of drug-likeness (QED) is 0.893. The summed E-state index contributed by atoms with van der Waals surface area (Å²) >= 11 is 0. The van der Waals surface area contributed by atoms with Crippen LogP contribution in [-0.2, 0) is 11.3 Å². The molecule has 0 bridgehead atoms. The Morgan fingerprint density at radius 1 is 1.52 bits per heavy atom. The Hall–Kier alpha value is -2.15. The fourth-order valence-corrected chi connectivity index (χ4v) is 2.17. The first-order chi connectivity index (χ1) is 10.8. The summed E-state index contributed by atoms with van der Waals surface area (Å²) in [4.78, 5) is 17.7. The smallest absolute Gasteiger partial charge is 0.410 e. The molecule has 1 aromatic heterocycles. The van der Waals surface area contributed by atoms with E-state index in [2.05, 4.69) is 10.3 Å². The number of amides is 1. The fraction of sp³-hybridized carbons (Fsp3) is 0.500. The number of hydrogen-bond acceptors (Lipinski definition) is 5. The average Bonchev–Trinajstić information content (AvgIpc) is 2.68. The highest BCUT2D eigenvalue weighted by molar-refractivity contribution is 5.70. The molecule has 0 aliphatic carbocycles. The number of nitrogens with one attached hydrogen (secondary N) is 1. The number of anilines is 1. The first kappa shape index (κ1) is 17.2. The Morgan fingerprint density at radius 3 is 2.91 bits per heavy atom. The van der Waals surface area contributed by atoms with Crippen LogP contribution in [0.4, 0.5) is 15.0 Å². The van der Waals surface area contributed by atoms with Gasteiger partial charge in [0.05, 0.1) is 13.2 Å². The number of aliphatic hydroxyl groups excluding tert-OH is 1. The van der Waals surface area contributed by atoms with Crippen molar-refractivity contribution in [2.24, 2.45) is 0 Å². The minimum Gasteiger partial charge on any atom is -0.444 e. The number of pyridine rings is 1. The zero-order valence-electron chi connectivity index (χ0n) is 13.6. The van der Waals surface area contributed by atoms with Gasteiger partial charge in [-0.25, -0.2) is 14.2 Å². The summed E-state index contributed by atoms with van der Waals surface area (Å²) in [5, 5.41) is 11.6. The van der Waals surface area contributed by atoms with Crippen molar-refractivity contribution < 1.29 is 19.0 Å². The van der Waals surface area contributed by atoms with Gasteiger partial charge in [0.15, 0.2) is 11.6 Å². The minimum absolute atomic E-state index is 0.0669. The summed E-state index contributed by atoms with van der Waals surface area (Å²) in [6.45, 7) is 5.87. The zero-order valence-corrected chi connectivity index (χ0v) is 13.6. The molecule has 2 heterocycles. The second-order valence-corrected chi connectivity index (χ2v) is 6.27. The minimum atomic E-state index is -0.611. The largest absolute Gasteiger partial charge is 0.444 e. The van der Waals surface area contributed by atoms with Gasteiger partial charge in [0, 0.05) is 30.4 Å². The lowest BCUT2D eigenvalue weighted by molar-refractivity contribution is 0.0256. The van der Waals surface area contributed by atoms with Crippen molar-refractivity contribution in [2.75, 3.05) is 25.0 Å². The normalized spacial score (nSPS) is 14.2. The van der Waals surface area contributed by atoms with Crippen LogP contribution < -0.4 is 5.32 Å². The first-order valence-electron chi connectivity index (χ1n) is 7.48. The van der Waals surface area contributed by atoms with Crippen molar-refractivity contribution in [1.29, 1.82) is 0 Å². The number of carbonyl (C=O) groups is 1. The third kappa shape index (κ3) is 4.41. The molecule has 0 fully saturated rings. The third-order valence-electron chi connectivity index (χ3n) is 3.18. The highest BCUT2D eigenvalue weighted by atomic mass is 19.1. The second kappa shape index (κ2) is 6.95. The van der Waals surface area contributed by atoms with E-state index in [0.717, 1.165) is 0 Å². The number of aromatic nitrogens is 1. The van der Waals surface area contributed by atoms with Crippen LogP contribution in [0.5, 0.6) is 0 Å². The lowest BCUT2D eigenvalue weighted by Crippen LogP contribution is -2.36. The summed E-state index contributed by atoms with van der Waals surface area (Å²) in [6.07, 6.45) is 4.58. The Balaban J connectivity index is 2.25. The molecule has 0 saturated heterocycles. The van der Waals surface area contributed by atoms with Crippen LogP contribution in [-0.4, -0.2) is 46.4 Å². The molecule has 0 atom stereocenters. The molecular formula is C16H22FN3O3. The second-order valence-electron chi connectivity index (χ2n) is 6.27. The highest BCUT2D eigenvalue weighted by Crippen LogP contribution is 2.25. The molecular weight excluding hydrogens is 301 g/mol. The number of fused-ring (bicyclic) bond motifs is 1. The maximum Gasteiger partial charge on any atom is 0.410 e. The Morgan fingerprint density at radius 2 is 2.26 bits per heavy atom. The highest BCUT2D eigenvalue weighted by Gasteiger charge is 2.25. The van der Waals surface area contributed by atoms with E-state index in [1.165, 1.54) is 4.90 Å². The van der Waals surface area contributed by atoms with E-state index < -0.39 is 17.5 Å².